The number of hydrogen-bond acceptors (Lipinski definition) is 4. The first-order chi connectivity index (χ1) is 11.6. The summed E-state index contributed by atoms with van der Waals surface area (Å²) in [7, 11) is 0. The van der Waals surface area contributed by atoms with Crippen molar-refractivity contribution in [3.8, 4) is 5.75 Å². The normalized spacial score (nSPS) is 16.5. The molecule has 0 spiro atoms. The van der Waals surface area contributed by atoms with Crippen LogP contribution in [0, 0.1) is 12.8 Å². The summed E-state index contributed by atoms with van der Waals surface area (Å²) in [5, 5.41) is 7.88. The summed E-state index contributed by atoms with van der Waals surface area (Å²) in [4.78, 5) is 16.8. The molecular formula is C17H21ClN4O2. The summed E-state index contributed by atoms with van der Waals surface area (Å²) in [5.41, 5.74) is 0.949. The molecule has 0 aliphatic carbocycles. The fraction of sp³-hybridized carbons (Fsp3) is 0.471. The van der Waals surface area contributed by atoms with Gasteiger partial charge in [0.25, 0.3) is 0 Å². The summed E-state index contributed by atoms with van der Waals surface area (Å²) in [6.45, 7) is 5.39. The Morgan fingerprint density at radius 2 is 2.33 bits per heavy atom. The lowest BCUT2D eigenvalue weighted by Gasteiger charge is -2.21. The van der Waals surface area contributed by atoms with Crippen molar-refractivity contribution in [3.05, 3.63) is 40.4 Å². The first kappa shape index (κ1) is 16.8. The minimum absolute atomic E-state index is 0.0406. The van der Waals surface area contributed by atoms with Crippen molar-refractivity contribution in [2.75, 3.05) is 6.61 Å². The largest absolute Gasteiger partial charge is 0.492 e. The lowest BCUT2D eigenvalue weighted by molar-refractivity contribution is -0.126. The molecule has 6 nitrogen and oxygen atoms in total. The average molecular weight is 349 g/mol. The van der Waals surface area contributed by atoms with Crippen molar-refractivity contribution in [1.82, 2.24) is 20.1 Å². The van der Waals surface area contributed by atoms with Gasteiger partial charge in [0.15, 0.2) is 0 Å². The lowest BCUT2D eigenvalue weighted by Crippen LogP contribution is -2.36. The predicted molar refractivity (Wildman–Crippen MR) is 91.0 cm³/mol. The molecule has 1 aliphatic rings. The highest BCUT2D eigenvalue weighted by Crippen LogP contribution is 2.25. The van der Waals surface area contributed by atoms with E-state index >= 15 is 0 Å². The van der Waals surface area contributed by atoms with Gasteiger partial charge in [-0.3, -0.25) is 4.79 Å². The number of nitrogens with one attached hydrogen (secondary N) is 1. The van der Waals surface area contributed by atoms with Crippen LogP contribution in [0.15, 0.2) is 18.2 Å². The summed E-state index contributed by atoms with van der Waals surface area (Å²) in [6.07, 6.45) is 1.59. The second kappa shape index (κ2) is 7.21. The zero-order valence-corrected chi connectivity index (χ0v) is 14.6. The van der Waals surface area contributed by atoms with Gasteiger partial charge in [-0.25, -0.2) is 9.67 Å². The molecule has 1 amide bonds. The van der Waals surface area contributed by atoms with Crippen LogP contribution < -0.4 is 10.1 Å². The minimum Gasteiger partial charge on any atom is -0.492 e. The first-order valence-corrected chi connectivity index (χ1v) is 8.54. The van der Waals surface area contributed by atoms with Gasteiger partial charge in [-0.2, -0.15) is 5.10 Å². The quantitative estimate of drug-likeness (QED) is 0.901. The van der Waals surface area contributed by atoms with Gasteiger partial charge in [-0.15, -0.1) is 0 Å². The number of hydrogen-bond donors (Lipinski definition) is 1. The molecule has 24 heavy (non-hydrogen) atoms. The molecule has 1 aliphatic heterocycles. The van der Waals surface area contributed by atoms with Crippen molar-refractivity contribution in [2.45, 2.75) is 39.8 Å². The summed E-state index contributed by atoms with van der Waals surface area (Å²) in [6, 6.07) is 5.57. The van der Waals surface area contributed by atoms with Crippen LogP contribution in [-0.4, -0.2) is 27.3 Å². The Labute approximate surface area is 146 Å². The fourth-order valence-corrected chi connectivity index (χ4v) is 3.17. The van der Waals surface area contributed by atoms with Crippen LogP contribution in [0.25, 0.3) is 0 Å². The first-order valence-electron chi connectivity index (χ1n) is 8.16. The molecule has 0 fully saturated rings. The fourth-order valence-electron chi connectivity index (χ4n) is 2.91. The second-order valence-corrected chi connectivity index (χ2v) is 6.32. The molecular weight excluding hydrogens is 328 g/mol. The number of carbonyl (C=O) groups excluding carboxylic acids is 1. The van der Waals surface area contributed by atoms with Crippen molar-refractivity contribution >= 4 is 17.5 Å². The van der Waals surface area contributed by atoms with Crippen molar-refractivity contribution in [1.29, 1.82) is 0 Å². The number of nitrogens with zero attached hydrogens (tertiary/aromatic N) is 3. The van der Waals surface area contributed by atoms with E-state index in [2.05, 4.69) is 15.4 Å². The number of benzene rings is 1. The number of halogens is 1. The average Bonchev–Trinajstić information content (AvgIpc) is 2.94. The standard InChI is InChI=1S/C17H21ClN4O2/c1-3-24-15-6-4-12(8-14(15)18)9-19-17(23)13-5-7-16-20-11(2)21-22(16)10-13/h4,6,8,13H,3,5,7,9-10H2,1-2H3,(H,19,23). The maximum absolute atomic E-state index is 12.4. The molecule has 0 radical (unpaired) electrons. The SMILES string of the molecule is CCOc1ccc(CNC(=O)C2CCc3nc(C)nn3C2)cc1Cl. The molecule has 1 atom stereocenters. The van der Waals surface area contributed by atoms with Gasteiger partial charge < -0.3 is 10.1 Å². The number of rotatable bonds is 5. The van der Waals surface area contributed by atoms with Crippen LogP contribution in [-0.2, 0) is 24.3 Å². The van der Waals surface area contributed by atoms with Crippen LogP contribution in [0.3, 0.4) is 0 Å². The monoisotopic (exact) mass is 348 g/mol. The van der Waals surface area contributed by atoms with Crippen molar-refractivity contribution in [3.63, 3.8) is 0 Å². The van der Waals surface area contributed by atoms with Gasteiger partial charge in [0.05, 0.1) is 24.1 Å². The molecule has 2 aromatic rings. The maximum Gasteiger partial charge on any atom is 0.225 e. The van der Waals surface area contributed by atoms with Gasteiger partial charge in [-0.1, -0.05) is 17.7 Å². The van der Waals surface area contributed by atoms with Crippen molar-refractivity contribution in [2.24, 2.45) is 5.92 Å². The molecule has 1 aromatic heterocycles. The van der Waals surface area contributed by atoms with E-state index in [1.165, 1.54) is 0 Å². The molecule has 7 heteroatoms. The van der Waals surface area contributed by atoms with E-state index in [4.69, 9.17) is 16.3 Å². The summed E-state index contributed by atoms with van der Waals surface area (Å²) >= 11 is 6.17. The Kier molecular flexibility index (Phi) is 5.04. The number of carbonyl (C=O) groups is 1. The Morgan fingerprint density at radius 1 is 1.50 bits per heavy atom. The molecule has 0 bridgehead atoms. The number of aryl methyl sites for hydroxylation is 2. The molecule has 1 aromatic carbocycles. The van der Waals surface area contributed by atoms with Gasteiger partial charge in [0.2, 0.25) is 5.91 Å². The third-order valence-electron chi connectivity index (χ3n) is 4.10. The van der Waals surface area contributed by atoms with E-state index < -0.39 is 0 Å². The van der Waals surface area contributed by atoms with Crippen LogP contribution in [0.5, 0.6) is 5.75 Å². The highest BCUT2D eigenvalue weighted by Gasteiger charge is 2.26. The molecule has 128 valence electrons. The molecule has 2 heterocycles. The summed E-state index contributed by atoms with van der Waals surface area (Å²) in [5.74, 6) is 2.36. The third kappa shape index (κ3) is 3.70. The molecule has 0 saturated heterocycles. The molecule has 1 unspecified atom stereocenters. The third-order valence-corrected chi connectivity index (χ3v) is 4.39. The van der Waals surface area contributed by atoms with Gasteiger partial charge >= 0.3 is 0 Å². The lowest BCUT2D eigenvalue weighted by atomic mass is 9.99. The number of aromatic nitrogens is 3. The van der Waals surface area contributed by atoms with Crippen LogP contribution in [0.2, 0.25) is 5.02 Å². The number of amides is 1. The zero-order valence-electron chi connectivity index (χ0n) is 13.9. The Bertz CT molecular complexity index is 744. The molecule has 3 rings (SSSR count). The highest BCUT2D eigenvalue weighted by molar-refractivity contribution is 6.32. The Morgan fingerprint density at radius 3 is 3.08 bits per heavy atom. The van der Waals surface area contributed by atoms with Gasteiger partial charge in [0.1, 0.15) is 17.4 Å². The van der Waals surface area contributed by atoms with E-state index in [1.807, 2.05) is 36.7 Å². The topological polar surface area (TPSA) is 69.0 Å². The second-order valence-electron chi connectivity index (χ2n) is 5.91. The molecule has 1 N–H and O–H groups in total. The van der Waals surface area contributed by atoms with Crippen LogP contribution in [0.4, 0.5) is 0 Å². The Balaban J connectivity index is 1.57. The number of ether oxygens (including phenoxy) is 1. The van der Waals surface area contributed by atoms with Gasteiger partial charge in [-0.05, 0) is 38.0 Å². The predicted octanol–water partition coefficient (Wildman–Crippen LogP) is 2.52. The molecule has 0 saturated carbocycles. The maximum atomic E-state index is 12.4. The van der Waals surface area contributed by atoms with Crippen LogP contribution >= 0.6 is 11.6 Å². The van der Waals surface area contributed by atoms with E-state index in [1.54, 1.807) is 0 Å². The van der Waals surface area contributed by atoms with Crippen LogP contribution in [0.1, 0.15) is 30.6 Å². The number of fused-ring (bicyclic) bond motifs is 1. The minimum atomic E-state index is -0.0724. The highest BCUT2D eigenvalue weighted by atomic mass is 35.5. The zero-order chi connectivity index (χ0) is 17.1. The van der Waals surface area contributed by atoms with E-state index in [9.17, 15) is 4.79 Å². The van der Waals surface area contributed by atoms with Gasteiger partial charge in [0, 0.05) is 13.0 Å². The summed E-state index contributed by atoms with van der Waals surface area (Å²) < 4.78 is 7.26. The van der Waals surface area contributed by atoms with E-state index in [-0.39, 0.29) is 11.8 Å². The Hall–Kier alpha value is -2.08. The van der Waals surface area contributed by atoms with Crippen molar-refractivity contribution < 1.29 is 9.53 Å². The van der Waals surface area contributed by atoms with E-state index in [0.717, 1.165) is 30.1 Å². The van der Waals surface area contributed by atoms with E-state index in [0.29, 0.717) is 30.5 Å². The smallest absolute Gasteiger partial charge is 0.225 e.